The second kappa shape index (κ2) is 7.93. The molecule has 21 heavy (non-hydrogen) atoms. The molecule has 2 aromatic heterocycles. The third kappa shape index (κ3) is 4.67. The summed E-state index contributed by atoms with van der Waals surface area (Å²) in [5.74, 6) is 1.05. The fourth-order valence-corrected chi connectivity index (χ4v) is 2.81. The Morgan fingerprint density at radius 1 is 1.48 bits per heavy atom. The van der Waals surface area contributed by atoms with Gasteiger partial charge < -0.3 is 9.47 Å². The summed E-state index contributed by atoms with van der Waals surface area (Å²) in [5.41, 5.74) is 1.21. The van der Waals surface area contributed by atoms with Gasteiger partial charge in [0.2, 0.25) is 5.91 Å². The molecule has 0 saturated carbocycles. The van der Waals surface area contributed by atoms with Crippen LogP contribution in [0.1, 0.15) is 37.6 Å². The fourth-order valence-electron chi connectivity index (χ4n) is 2.15. The zero-order valence-corrected chi connectivity index (χ0v) is 13.5. The molecule has 2 rings (SSSR count). The molecule has 114 valence electrons. The highest BCUT2D eigenvalue weighted by Gasteiger charge is 2.15. The minimum Gasteiger partial charge on any atom is -0.338 e. The number of hydrogen-bond donors (Lipinski definition) is 0. The highest BCUT2D eigenvalue weighted by atomic mass is 32.1. The summed E-state index contributed by atoms with van der Waals surface area (Å²) in [6.45, 7) is 3.68. The van der Waals surface area contributed by atoms with Gasteiger partial charge in [0.25, 0.3) is 0 Å². The summed E-state index contributed by atoms with van der Waals surface area (Å²) < 4.78 is 1.86. The maximum Gasteiger partial charge on any atom is 0.223 e. The summed E-state index contributed by atoms with van der Waals surface area (Å²) in [6.07, 6.45) is 4.93. The molecule has 0 aliphatic heterocycles. The van der Waals surface area contributed by atoms with Crippen LogP contribution in [0.5, 0.6) is 0 Å². The van der Waals surface area contributed by atoms with Gasteiger partial charge in [0.1, 0.15) is 12.2 Å². The van der Waals surface area contributed by atoms with Crippen molar-refractivity contribution in [2.45, 2.75) is 39.2 Å². The zero-order valence-electron chi connectivity index (χ0n) is 12.7. The molecule has 0 aliphatic carbocycles. The molecule has 0 atom stereocenters. The van der Waals surface area contributed by atoms with Crippen molar-refractivity contribution in [1.82, 2.24) is 19.7 Å². The smallest absolute Gasteiger partial charge is 0.223 e. The van der Waals surface area contributed by atoms with Crippen molar-refractivity contribution in [3.05, 3.63) is 34.5 Å². The zero-order chi connectivity index (χ0) is 15.1. The van der Waals surface area contributed by atoms with Crippen LogP contribution in [0.25, 0.3) is 0 Å². The third-order valence-corrected chi connectivity index (χ3v) is 4.19. The molecule has 5 nitrogen and oxygen atoms in total. The Morgan fingerprint density at radius 3 is 2.95 bits per heavy atom. The van der Waals surface area contributed by atoms with Crippen molar-refractivity contribution in [3.63, 3.8) is 0 Å². The number of thiophene rings is 1. The lowest BCUT2D eigenvalue weighted by atomic mass is 10.2. The number of carbonyl (C=O) groups is 1. The number of amides is 1. The summed E-state index contributed by atoms with van der Waals surface area (Å²) in [5, 5.41) is 12.0. The van der Waals surface area contributed by atoms with Gasteiger partial charge in [-0.05, 0) is 28.8 Å². The van der Waals surface area contributed by atoms with E-state index in [4.69, 9.17) is 0 Å². The average Bonchev–Trinajstić information content (AvgIpc) is 3.12. The Morgan fingerprint density at radius 2 is 2.33 bits per heavy atom. The van der Waals surface area contributed by atoms with E-state index in [1.165, 1.54) is 5.56 Å². The van der Waals surface area contributed by atoms with Crippen molar-refractivity contribution in [3.8, 4) is 0 Å². The fraction of sp³-hybridized carbons (Fsp3) is 0.533. The van der Waals surface area contributed by atoms with Gasteiger partial charge in [-0.1, -0.05) is 13.3 Å². The summed E-state index contributed by atoms with van der Waals surface area (Å²) in [7, 11) is 1.90. The van der Waals surface area contributed by atoms with Crippen molar-refractivity contribution in [1.29, 1.82) is 0 Å². The Hall–Kier alpha value is -1.69. The Bertz CT molecular complexity index is 550. The molecule has 2 heterocycles. The summed E-state index contributed by atoms with van der Waals surface area (Å²) in [6, 6.07) is 2.08. The normalized spacial score (nSPS) is 10.8. The largest absolute Gasteiger partial charge is 0.338 e. The van der Waals surface area contributed by atoms with Gasteiger partial charge in [-0.25, -0.2) is 0 Å². The number of aromatic nitrogens is 3. The van der Waals surface area contributed by atoms with Gasteiger partial charge >= 0.3 is 0 Å². The van der Waals surface area contributed by atoms with E-state index in [1.54, 1.807) is 17.7 Å². The summed E-state index contributed by atoms with van der Waals surface area (Å²) in [4.78, 5) is 14.4. The minimum atomic E-state index is 0.192. The molecule has 6 heteroatoms. The molecule has 0 fully saturated rings. The molecule has 0 spiro atoms. The van der Waals surface area contributed by atoms with Crippen LogP contribution in [-0.2, 0) is 24.8 Å². The predicted octanol–water partition coefficient (Wildman–Crippen LogP) is 2.64. The quantitative estimate of drug-likeness (QED) is 0.753. The van der Waals surface area contributed by atoms with Crippen molar-refractivity contribution in [2.75, 3.05) is 6.54 Å². The predicted molar refractivity (Wildman–Crippen MR) is 84.0 cm³/mol. The highest BCUT2D eigenvalue weighted by Crippen LogP contribution is 2.12. The van der Waals surface area contributed by atoms with Crippen LogP contribution in [0.2, 0.25) is 0 Å². The van der Waals surface area contributed by atoms with Gasteiger partial charge in [-0.15, -0.1) is 10.2 Å². The SMILES string of the molecule is CCCCN(Cc1ccsc1)C(=O)CCc1nncn1C. The molecule has 2 aromatic rings. The van der Waals surface area contributed by atoms with Crippen LogP contribution >= 0.6 is 11.3 Å². The molecular formula is C15H22N4OS. The monoisotopic (exact) mass is 306 g/mol. The Balaban J connectivity index is 1.91. The van der Waals surface area contributed by atoms with Gasteiger partial charge in [-0.2, -0.15) is 11.3 Å². The van der Waals surface area contributed by atoms with Gasteiger partial charge in [0.15, 0.2) is 0 Å². The van der Waals surface area contributed by atoms with E-state index in [0.29, 0.717) is 19.4 Å². The third-order valence-electron chi connectivity index (χ3n) is 3.46. The first kappa shape index (κ1) is 15.7. The lowest BCUT2D eigenvalue weighted by molar-refractivity contribution is -0.131. The first-order chi connectivity index (χ1) is 10.2. The number of unbranched alkanes of at least 4 members (excludes halogenated alkanes) is 1. The first-order valence-electron chi connectivity index (χ1n) is 7.32. The van der Waals surface area contributed by atoms with Crippen molar-refractivity contribution < 1.29 is 4.79 Å². The molecule has 0 saturated heterocycles. The van der Waals surface area contributed by atoms with E-state index < -0.39 is 0 Å². The van der Waals surface area contributed by atoms with Crippen molar-refractivity contribution >= 4 is 17.2 Å². The van der Waals surface area contributed by atoms with E-state index in [9.17, 15) is 4.79 Å². The van der Waals surface area contributed by atoms with Gasteiger partial charge in [0, 0.05) is 33.0 Å². The van der Waals surface area contributed by atoms with Crippen LogP contribution < -0.4 is 0 Å². The Kier molecular flexibility index (Phi) is 5.92. The first-order valence-corrected chi connectivity index (χ1v) is 8.26. The lowest BCUT2D eigenvalue weighted by Gasteiger charge is -2.22. The van der Waals surface area contributed by atoms with Crippen LogP contribution in [0.15, 0.2) is 23.2 Å². The maximum absolute atomic E-state index is 12.5. The molecule has 0 unspecified atom stereocenters. The van der Waals surface area contributed by atoms with Crippen molar-refractivity contribution in [2.24, 2.45) is 7.05 Å². The molecule has 1 amide bonds. The number of carbonyl (C=O) groups excluding carboxylic acids is 1. The Labute approximate surface area is 129 Å². The van der Waals surface area contributed by atoms with Gasteiger partial charge in [-0.3, -0.25) is 4.79 Å². The van der Waals surface area contributed by atoms with Crippen LogP contribution in [0, 0.1) is 0 Å². The second-order valence-electron chi connectivity index (χ2n) is 5.16. The molecular weight excluding hydrogens is 284 g/mol. The lowest BCUT2D eigenvalue weighted by Crippen LogP contribution is -2.31. The summed E-state index contributed by atoms with van der Waals surface area (Å²) >= 11 is 1.67. The molecule has 0 aromatic carbocycles. The molecule has 0 aliphatic rings. The number of nitrogens with zero attached hydrogens (tertiary/aromatic N) is 4. The number of hydrogen-bond acceptors (Lipinski definition) is 4. The maximum atomic E-state index is 12.5. The van der Waals surface area contributed by atoms with Crippen LogP contribution in [0.3, 0.4) is 0 Å². The molecule has 0 radical (unpaired) electrons. The van der Waals surface area contributed by atoms with E-state index >= 15 is 0 Å². The number of rotatable bonds is 8. The topological polar surface area (TPSA) is 51.0 Å². The van der Waals surface area contributed by atoms with E-state index in [1.807, 2.05) is 16.5 Å². The van der Waals surface area contributed by atoms with E-state index in [2.05, 4.69) is 33.9 Å². The average molecular weight is 306 g/mol. The minimum absolute atomic E-state index is 0.192. The van der Waals surface area contributed by atoms with Crippen LogP contribution in [0.4, 0.5) is 0 Å². The van der Waals surface area contributed by atoms with Crippen LogP contribution in [-0.4, -0.2) is 32.1 Å². The highest BCUT2D eigenvalue weighted by molar-refractivity contribution is 7.07. The van der Waals surface area contributed by atoms with Gasteiger partial charge in [0.05, 0.1) is 0 Å². The molecule has 0 N–H and O–H groups in total. The second-order valence-corrected chi connectivity index (χ2v) is 5.94. The van der Waals surface area contributed by atoms with E-state index in [0.717, 1.165) is 25.2 Å². The standard InChI is InChI=1S/C15H22N4OS/c1-3-4-8-19(10-13-7-9-21-11-13)15(20)6-5-14-17-16-12-18(14)2/h7,9,11-12H,3-6,8,10H2,1-2H3. The number of aryl methyl sites for hydroxylation is 2. The van der Waals surface area contributed by atoms with E-state index in [-0.39, 0.29) is 5.91 Å². The molecule has 0 bridgehead atoms.